The van der Waals surface area contributed by atoms with Gasteiger partial charge in [0.05, 0.1) is 14.2 Å². The summed E-state index contributed by atoms with van der Waals surface area (Å²) in [6.07, 6.45) is 0. The Morgan fingerprint density at radius 1 is 0.750 bits per heavy atom. The molecule has 0 bridgehead atoms. The molecule has 0 aliphatic carbocycles. The van der Waals surface area contributed by atoms with Crippen LogP contribution in [0.15, 0.2) is 48.5 Å². The van der Waals surface area contributed by atoms with Crippen LogP contribution >= 0.6 is 21.6 Å². The lowest BCUT2D eigenvalue weighted by Gasteiger charge is -2.05. The summed E-state index contributed by atoms with van der Waals surface area (Å²) in [5.41, 5.74) is 2.57. The van der Waals surface area contributed by atoms with Crippen LogP contribution in [0.1, 0.15) is 11.1 Å². The van der Waals surface area contributed by atoms with Crippen LogP contribution in [0.25, 0.3) is 0 Å². The SMILES string of the molecule is COc1cccc(CSSCc2cccc(OC)c2)c1. The summed E-state index contributed by atoms with van der Waals surface area (Å²) in [4.78, 5) is 0. The highest BCUT2D eigenvalue weighted by molar-refractivity contribution is 8.76. The molecule has 0 amide bonds. The van der Waals surface area contributed by atoms with Crippen LogP contribution in [0.4, 0.5) is 0 Å². The predicted molar refractivity (Wildman–Crippen MR) is 88.6 cm³/mol. The molecule has 0 aliphatic rings. The van der Waals surface area contributed by atoms with Crippen LogP contribution in [0.3, 0.4) is 0 Å². The van der Waals surface area contributed by atoms with Crippen molar-refractivity contribution in [2.45, 2.75) is 11.5 Å². The van der Waals surface area contributed by atoms with Crippen molar-refractivity contribution in [3.05, 3.63) is 59.7 Å². The van der Waals surface area contributed by atoms with Crippen LogP contribution in [-0.2, 0) is 11.5 Å². The van der Waals surface area contributed by atoms with Gasteiger partial charge in [-0.3, -0.25) is 0 Å². The zero-order chi connectivity index (χ0) is 14.2. The third kappa shape index (κ3) is 4.69. The summed E-state index contributed by atoms with van der Waals surface area (Å²) in [6, 6.07) is 16.4. The molecule has 4 heteroatoms. The molecule has 0 unspecified atom stereocenters. The Balaban J connectivity index is 1.78. The number of benzene rings is 2. The molecule has 106 valence electrons. The van der Waals surface area contributed by atoms with Crippen LogP contribution in [0.2, 0.25) is 0 Å². The molecule has 0 radical (unpaired) electrons. The summed E-state index contributed by atoms with van der Waals surface area (Å²) in [5, 5.41) is 0. The molecule has 2 aromatic rings. The smallest absolute Gasteiger partial charge is 0.119 e. The van der Waals surface area contributed by atoms with Crippen molar-refractivity contribution in [1.82, 2.24) is 0 Å². The molecule has 20 heavy (non-hydrogen) atoms. The first kappa shape index (κ1) is 15.1. The van der Waals surface area contributed by atoms with E-state index in [2.05, 4.69) is 24.3 Å². The highest BCUT2D eigenvalue weighted by Gasteiger charge is 1.99. The van der Waals surface area contributed by atoms with Gasteiger partial charge in [-0.15, -0.1) is 0 Å². The zero-order valence-corrected chi connectivity index (χ0v) is 13.3. The first-order chi connectivity index (χ1) is 9.81. The largest absolute Gasteiger partial charge is 0.497 e. The Kier molecular flexibility index (Phi) is 6.15. The lowest BCUT2D eigenvalue weighted by atomic mass is 10.2. The van der Waals surface area contributed by atoms with Gasteiger partial charge in [0.1, 0.15) is 11.5 Å². The highest BCUT2D eigenvalue weighted by Crippen LogP contribution is 2.31. The lowest BCUT2D eigenvalue weighted by molar-refractivity contribution is 0.414. The van der Waals surface area contributed by atoms with Crippen molar-refractivity contribution in [2.24, 2.45) is 0 Å². The Labute approximate surface area is 128 Å². The molecular formula is C16H18O2S2. The number of hydrogen-bond donors (Lipinski definition) is 0. The Morgan fingerprint density at radius 2 is 1.20 bits per heavy atom. The molecule has 0 N–H and O–H groups in total. The normalized spacial score (nSPS) is 10.3. The Hall–Kier alpha value is -1.26. The molecule has 0 aliphatic heterocycles. The van der Waals surface area contributed by atoms with Gasteiger partial charge in [0, 0.05) is 11.5 Å². The molecule has 0 saturated carbocycles. The van der Waals surface area contributed by atoms with E-state index in [-0.39, 0.29) is 0 Å². The van der Waals surface area contributed by atoms with Gasteiger partial charge >= 0.3 is 0 Å². The number of methoxy groups -OCH3 is 2. The van der Waals surface area contributed by atoms with E-state index in [1.165, 1.54) is 11.1 Å². The third-order valence-electron chi connectivity index (χ3n) is 2.80. The van der Waals surface area contributed by atoms with Gasteiger partial charge in [-0.25, -0.2) is 0 Å². The van der Waals surface area contributed by atoms with Gasteiger partial charge in [0.15, 0.2) is 0 Å². The topological polar surface area (TPSA) is 18.5 Å². The minimum absolute atomic E-state index is 0.917. The van der Waals surface area contributed by atoms with E-state index in [0.717, 1.165) is 23.0 Å². The Bertz CT molecular complexity index is 494. The minimum atomic E-state index is 0.917. The summed E-state index contributed by atoms with van der Waals surface area (Å²) in [7, 11) is 7.10. The first-order valence-corrected chi connectivity index (χ1v) is 8.81. The van der Waals surface area contributed by atoms with Gasteiger partial charge in [-0.1, -0.05) is 45.9 Å². The summed E-state index contributed by atoms with van der Waals surface area (Å²) in [5.74, 6) is 3.79. The van der Waals surface area contributed by atoms with Crippen LogP contribution in [-0.4, -0.2) is 14.2 Å². The zero-order valence-electron chi connectivity index (χ0n) is 11.7. The van der Waals surface area contributed by atoms with Gasteiger partial charge in [-0.05, 0) is 35.4 Å². The molecule has 0 heterocycles. The molecule has 0 atom stereocenters. The molecule has 2 rings (SSSR count). The fraction of sp³-hybridized carbons (Fsp3) is 0.250. The number of hydrogen-bond acceptors (Lipinski definition) is 4. The van der Waals surface area contributed by atoms with Crippen molar-refractivity contribution in [3.63, 3.8) is 0 Å². The van der Waals surface area contributed by atoms with E-state index in [0.29, 0.717) is 0 Å². The summed E-state index contributed by atoms with van der Waals surface area (Å²) < 4.78 is 10.5. The van der Waals surface area contributed by atoms with Gasteiger partial charge < -0.3 is 9.47 Å². The maximum absolute atomic E-state index is 5.23. The summed E-state index contributed by atoms with van der Waals surface area (Å²) in [6.45, 7) is 0. The minimum Gasteiger partial charge on any atom is -0.497 e. The molecule has 0 saturated heterocycles. The second-order valence-corrected chi connectivity index (χ2v) is 6.69. The maximum atomic E-state index is 5.23. The van der Waals surface area contributed by atoms with E-state index in [9.17, 15) is 0 Å². The maximum Gasteiger partial charge on any atom is 0.119 e. The molecule has 2 aromatic carbocycles. The molecule has 2 nitrogen and oxygen atoms in total. The molecule has 0 spiro atoms. The van der Waals surface area contributed by atoms with Crippen LogP contribution in [0.5, 0.6) is 11.5 Å². The van der Waals surface area contributed by atoms with Crippen molar-refractivity contribution in [2.75, 3.05) is 14.2 Å². The fourth-order valence-corrected chi connectivity index (χ4v) is 3.86. The third-order valence-corrected chi connectivity index (χ3v) is 5.08. The average Bonchev–Trinajstić information content (AvgIpc) is 2.52. The number of ether oxygens (including phenoxy) is 2. The van der Waals surface area contributed by atoms with Gasteiger partial charge in [-0.2, -0.15) is 0 Å². The average molecular weight is 306 g/mol. The number of rotatable bonds is 7. The molecule has 0 aromatic heterocycles. The van der Waals surface area contributed by atoms with E-state index < -0.39 is 0 Å². The predicted octanol–water partition coefficient (Wildman–Crippen LogP) is 4.79. The van der Waals surface area contributed by atoms with E-state index >= 15 is 0 Å². The molecular weight excluding hydrogens is 288 g/mol. The second kappa shape index (κ2) is 8.12. The first-order valence-electron chi connectivity index (χ1n) is 6.32. The fourth-order valence-electron chi connectivity index (χ4n) is 1.74. The monoisotopic (exact) mass is 306 g/mol. The highest BCUT2D eigenvalue weighted by atomic mass is 33.1. The van der Waals surface area contributed by atoms with Crippen molar-refractivity contribution >= 4 is 21.6 Å². The van der Waals surface area contributed by atoms with Crippen LogP contribution < -0.4 is 9.47 Å². The van der Waals surface area contributed by atoms with Crippen LogP contribution in [0, 0.1) is 0 Å². The van der Waals surface area contributed by atoms with Crippen molar-refractivity contribution in [3.8, 4) is 11.5 Å². The van der Waals surface area contributed by atoms with E-state index in [1.807, 2.05) is 45.9 Å². The standard InChI is InChI=1S/C16H18O2S2/c1-17-15-7-3-5-13(9-15)11-19-20-12-14-6-4-8-16(10-14)18-2/h3-10H,11-12H2,1-2H3. The van der Waals surface area contributed by atoms with Gasteiger partial charge in [0.25, 0.3) is 0 Å². The van der Waals surface area contributed by atoms with Gasteiger partial charge in [0.2, 0.25) is 0 Å². The lowest BCUT2D eigenvalue weighted by Crippen LogP contribution is -1.86. The van der Waals surface area contributed by atoms with E-state index in [1.54, 1.807) is 14.2 Å². The Morgan fingerprint density at radius 3 is 1.60 bits per heavy atom. The second-order valence-electron chi connectivity index (χ2n) is 4.23. The quantitative estimate of drug-likeness (QED) is 0.541. The van der Waals surface area contributed by atoms with Crippen molar-refractivity contribution < 1.29 is 9.47 Å². The summed E-state index contributed by atoms with van der Waals surface area (Å²) >= 11 is 0. The van der Waals surface area contributed by atoms with Crippen molar-refractivity contribution in [1.29, 1.82) is 0 Å². The molecule has 0 fully saturated rings. The van der Waals surface area contributed by atoms with E-state index in [4.69, 9.17) is 9.47 Å².